The van der Waals surface area contributed by atoms with Crippen LogP contribution in [0.25, 0.3) is 0 Å². The lowest BCUT2D eigenvalue weighted by molar-refractivity contribution is -0.124. The van der Waals surface area contributed by atoms with Gasteiger partial charge < -0.3 is 0 Å². The zero-order valence-electron chi connectivity index (χ0n) is 8.18. The second kappa shape index (κ2) is 2.75. The molecule has 1 aromatic rings. The Morgan fingerprint density at radius 3 is 2.73 bits per heavy atom. The van der Waals surface area contributed by atoms with Crippen molar-refractivity contribution in [3.8, 4) is 0 Å². The Morgan fingerprint density at radius 2 is 2.07 bits per heavy atom. The van der Waals surface area contributed by atoms with Crippen LogP contribution in [0, 0.1) is 0 Å². The van der Waals surface area contributed by atoms with Crippen molar-refractivity contribution in [2.75, 3.05) is 0 Å². The minimum absolute atomic E-state index is 0.0328. The van der Waals surface area contributed by atoms with Gasteiger partial charge in [-0.05, 0) is 13.8 Å². The van der Waals surface area contributed by atoms with Crippen LogP contribution in [0.3, 0.4) is 0 Å². The summed E-state index contributed by atoms with van der Waals surface area (Å²) in [5.41, 5.74) is -0.717. The van der Waals surface area contributed by atoms with Crippen LogP contribution in [0.15, 0.2) is 17.4 Å². The third-order valence-electron chi connectivity index (χ3n) is 2.35. The van der Waals surface area contributed by atoms with Crippen LogP contribution in [-0.2, 0) is 20.2 Å². The Labute approximate surface area is 86.8 Å². The number of amides is 1. The van der Waals surface area contributed by atoms with Gasteiger partial charge in [-0.1, -0.05) is 0 Å². The second-order valence-corrected chi connectivity index (χ2v) is 5.45. The van der Waals surface area contributed by atoms with Gasteiger partial charge in [-0.2, -0.15) is 0 Å². The van der Waals surface area contributed by atoms with Crippen LogP contribution >= 0.6 is 0 Å². The molecule has 0 unspecified atom stereocenters. The third kappa shape index (κ3) is 1.30. The molecule has 6 nitrogen and oxygen atoms in total. The van der Waals surface area contributed by atoms with Gasteiger partial charge in [0.15, 0.2) is 0 Å². The second-order valence-electron chi connectivity index (χ2n) is 3.80. The molecule has 1 aromatic heterocycles. The van der Waals surface area contributed by atoms with Crippen molar-refractivity contribution in [2.45, 2.75) is 24.2 Å². The smallest absolute Gasteiger partial charge is 0.267 e. The lowest BCUT2D eigenvalue weighted by Crippen LogP contribution is -2.49. The van der Waals surface area contributed by atoms with Gasteiger partial charge in [-0.3, -0.25) is 4.79 Å². The maximum absolute atomic E-state index is 11.6. The van der Waals surface area contributed by atoms with E-state index in [9.17, 15) is 13.2 Å². The highest BCUT2D eigenvalue weighted by Gasteiger charge is 2.43. The maximum atomic E-state index is 11.6. The van der Waals surface area contributed by atoms with Gasteiger partial charge in [0.05, 0.1) is 17.3 Å². The highest BCUT2D eigenvalue weighted by molar-refractivity contribution is 7.90. The topological polar surface area (TPSA) is 89.0 Å². The Morgan fingerprint density at radius 1 is 1.40 bits per heavy atom. The van der Waals surface area contributed by atoms with Crippen molar-refractivity contribution in [1.82, 2.24) is 14.7 Å². The number of carbonyl (C=O) groups is 1. The van der Waals surface area contributed by atoms with Crippen LogP contribution in [0.1, 0.15) is 19.5 Å². The van der Waals surface area contributed by atoms with E-state index in [0.717, 1.165) is 0 Å². The third-order valence-corrected chi connectivity index (χ3v) is 3.69. The number of sulfonamides is 1. The van der Waals surface area contributed by atoms with Gasteiger partial charge in [-0.15, -0.1) is 0 Å². The van der Waals surface area contributed by atoms with Crippen LogP contribution in [0.4, 0.5) is 0 Å². The van der Waals surface area contributed by atoms with E-state index in [2.05, 4.69) is 9.97 Å². The average Bonchev–Trinajstić information content (AvgIpc) is 2.15. The molecule has 2 rings (SSSR count). The van der Waals surface area contributed by atoms with Crippen molar-refractivity contribution < 1.29 is 13.2 Å². The first-order valence-corrected chi connectivity index (χ1v) is 5.72. The molecule has 0 aromatic carbocycles. The molecular weight excluding hydrogens is 218 g/mol. The van der Waals surface area contributed by atoms with E-state index in [-0.39, 0.29) is 10.6 Å². The molecular formula is C8H9N3O3S. The fourth-order valence-electron chi connectivity index (χ4n) is 1.40. The molecule has 0 radical (unpaired) electrons. The number of rotatable bonds is 0. The molecule has 15 heavy (non-hydrogen) atoms. The molecule has 1 N–H and O–H groups in total. The number of hydrogen-bond acceptors (Lipinski definition) is 5. The molecule has 0 fully saturated rings. The summed E-state index contributed by atoms with van der Waals surface area (Å²) < 4.78 is 25.1. The first kappa shape index (κ1) is 10.0. The Hall–Kier alpha value is -1.50. The number of aromatic nitrogens is 2. The molecule has 1 aliphatic heterocycles. The zero-order chi connectivity index (χ0) is 11.3. The van der Waals surface area contributed by atoms with Crippen LogP contribution < -0.4 is 4.72 Å². The van der Waals surface area contributed by atoms with Crippen LogP contribution in [0.5, 0.6) is 0 Å². The number of nitrogens with zero attached hydrogens (tertiary/aromatic N) is 2. The zero-order valence-corrected chi connectivity index (χ0v) is 9.00. The van der Waals surface area contributed by atoms with E-state index < -0.39 is 21.3 Å². The van der Waals surface area contributed by atoms with E-state index in [0.29, 0.717) is 0 Å². The lowest BCUT2D eigenvalue weighted by Gasteiger charge is -2.29. The fourth-order valence-corrected chi connectivity index (χ4v) is 2.77. The molecule has 2 heterocycles. The first-order valence-electron chi connectivity index (χ1n) is 4.23. The van der Waals surface area contributed by atoms with Gasteiger partial charge in [0.1, 0.15) is 11.2 Å². The van der Waals surface area contributed by atoms with Gasteiger partial charge >= 0.3 is 0 Å². The van der Waals surface area contributed by atoms with Crippen LogP contribution in [-0.4, -0.2) is 24.3 Å². The number of hydrogen-bond donors (Lipinski definition) is 1. The number of fused-ring (bicyclic) bond motifs is 1. The first-order chi connectivity index (χ1) is 6.86. The highest BCUT2D eigenvalue weighted by Crippen LogP contribution is 2.31. The van der Waals surface area contributed by atoms with E-state index >= 15 is 0 Å². The number of nitrogens with one attached hydrogen (secondary N) is 1. The minimum Gasteiger partial charge on any atom is -0.273 e. The Kier molecular flexibility index (Phi) is 1.84. The monoisotopic (exact) mass is 227 g/mol. The summed E-state index contributed by atoms with van der Waals surface area (Å²) in [6.07, 6.45) is 2.42. The molecule has 0 saturated heterocycles. The van der Waals surface area contributed by atoms with E-state index in [4.69, 9.17) is 0 Å². The van der Waals surface area contributed by atoms with Gasteiger partial charge in [0, 0.05) is 0 Å². The SMILES string of the molecule is CC1(C)C(=O)NS(=O)(=O)c2cncnc21. The summed E-state index contributed by atoms with van der Waals surface area (Å²) in [7, 11) is -3.79. The van der Waals surface area contributed by atoms with E-state index in [1.807, 2.05) is 4.72 Å². The molecule has 0 spiro atoms. The van der Waals surface area contributed by atoms with Crippen molar-refractivity contribution >= 4 is 15.9 Å². The summed E-state index contributed by atoms with van der Waals surface area (Å²) in [4.78, 5) is 19.0. The van der Waals surface area contributed by atoms with Crippen molar-refractivity contribution in [1.29, 1.82) is 0 Å². The number of carbonyl (C=O) groups excluding carboxylic acids is 1. The van der Waals surface area contributed by atoms with E-state index in [1.165, 1.54) is 12.5 Å². The van der Waals surface area contributed by atoms with Gasteiger partial charge in [0.25, 0.3) is 10.0 Å². The molecule has 0 aliphatic carbocycles. The molecule has 1 aliphatic rings. The predicted molar refractivity (Wildman–Crippen MR) is 50.4 cm³/mol. The molecule has 0 atom stereocenters. The molecule has 0 bridgehead atoms. The van der Waals surface area contributed by atoms with E-state index in [1.54, 1.807) is 13.8 Å². The van der Waals surface area contributed by atoms with Crippen molar-refractivity contribution in [2.24, 2.45) is 0 Å². The fraction of sp³-hybridized carbons (Fsp3) is 0.375. The molecule has 7 heteroatoms. The van der Waals surface area contributed by atoms with Crippen molar-refractivity contribution in [3.63, 3.8) is 0 Å². The maximum Gasteiger partial charge on any atom is 0.267 e. The average molecular weight is 227 g/mol. The quantitative estimate of drug-likeness (QED) is 0.649. The van der Waals surface area contributed by atoms with Crippen molar-refractivity contribution in [3.05, 3.63) is 18.2 Å². The summed E-state index contributed by atoms with van der Waals surface area (Å²) in [5, 5.41) is 0. The summed E-state index contributed by atoms with van der Waals surface area (Å²) in [6.45, 7) is 3.23. The highest BCUT2D eigenvalue weighted by atomic mass is 32.2. The summed E-state index contributed by atoms with van der Waals surface area (Å²) in [6, 6.07) is 0. The lowest BCUT2D eigenvalue weighted by atomic mass is 9.88. The van der Waals surface area contributed by atoms with Gasteiger partial charge in [0.2, 0.25) is 5.91 Å². The molecule has 80 valence electrons. The molecule has 0 saturated carbocycles. The van der Waals surface area contributed by atoms with Crippen LogP contribution in [0.2, 0.25) is 0 Å². The predicted octanol–water partition coefficient (Wildman–Crippen LogP) is -0.427. The normalized spacial score (nSPS) is 21.6. The minimum atomic E-state index is -3.79. The standard InChI is InChI=1S/C8H9N3O3S/c1-8(2)6-5(3-9-4-10-6)15(13,14)11-7(8)12/h3-4H,1-2H3,(H,11,12). The summed E-state index contributed by atoms with van der Waals surface area (Å²) >= 11 is 0. The largest absolute Gasteiger partial charge is 0.273 e. The Balaban J connectivity index is 2.82. The summed E-state index contributed by atoms with van der Waals surface area (Å²) in [5.74, 6) is -0.575. The molecule has 1 amide bonds. The Bertz CT molecular complexity index is 536. The van der Waals surface area contributed by atoms with Gasteiger partial charge in [-0.25, -0.2) is 23.1 Å².